The summed E-state index contributed by atoms with van der Waals surface area (Å²) in [7, 11) is 1.36. The Morgan fingerprint density at radius 3 is 2.58 bits per heavy atom. The fourth-order valence-electron chi connectivity index (χ4n) is 2.91. The standard InChI is InChI=1S/C20H20N2O3S/c1-5-22-16-9-7-14(19(24)25-4)11-17(16)26-20(22)21-18(23)15-8-6-12(2)10-13(15)3/h6-11H,5H2,1-4H3. The van der Waals surface area contributed by atoms with Gasteiger partial charge < -0.3 is 9.30 Å². The smallest absolute Gasteiger partial charge is 0.337 e. The lowest BCUT2D eigenvalue weighted by atomic mass is 10.1. The van der Waals surface area contributed by atoms with Crippen molar-refractivity contribution in [2.75, 3.05) is 7.11 Å². The van der Waals surface area contributed by atoms with Crippen molar-refractivity contribution in [2.45, 2.75) is 27.3 Å². The molecule has 0 radical (unpaired) electrons. The number of amides is 1. The average molecular weight is 368 g/mol. The molecule has 26 heavy (non-hydrogen) atoms. The number of esters is 1. The van der Waals surface area contributed by atoms with E-state index >= 15 is 0 Å². The van der Waals surface area contributed by atoms with Crippen molar-refractivity contribution >= 4 is 33.4 Å². The number of aryl methyl sites for hydroxylation is 3. The fourth-order valence-corrected chi connectivity index (χ4v) is 4.04. The summed E-state index contributed by atoms with van der Waals surface area (Å²) in [6, 6.07) is 11.1. The molecule has 134 valence electrons. The molecule has 0 bridgehead atoms. The van der Waals surface area contributed by atoms with Gasteiger partial charge in [0.05, 0.1) is 22.9 Å². The normalized spacial score (nSPS) is 11.8. The molecule has 0 saturated heterocycles. The van der Waals surface area contributed by atoms with Crippen LogP contribution in [0.1, 0.15) is 38.8 Å². The van der Waals surface area contributed by atoms with Crippen molar-refractivity contribution in [1.29, 1.82) is 0 Å². The van der Waals surface area contributed by atoms with Gasteiger partial charge in [0.25, 0.3) is 5.91 Å². The van der Waals surface area contributed by atoms with Gasteiger partial charge in [0, 0.05) is 12.1 Å². The van der Waals surface area contributed by atoms with E-state index in [2.05, 4.69) is 4.99 Å². The summed E-state index contributed by atoms with van der Waals surface area (Å²) >= 11 is 1.39. The molecule has 1 amide bonds. The minimum Gasteiger partial charge on any atom is -0.465 e. The van der Waals surface area contributed by atoms with Gasteiger partial charge in [-0.05, 0) is 50.6 Å². The van der Waals surface area contributed by atoms with Crippen LogP contribution in [-0.4, -0.2) is 23.6 Å². The Labute approximate surface area is 155 Å². The predicted octanol–water partition coefficient (Wildman–Crippen LogP) is 3.87. The lowest BCUT2D eigenvalue weighted by Gasteiger charge is -2.03. The van der Waals surface area contributed by atoms with Crippen molar-refractivity contribution in [3.63, 3.8) is 0 Å². The zero-order valence-corrected chi connectivity index (χ0v) is 16.0. The second kappa shape index (κ2) is 7.25. The van der Waals surface area contributed by atoms with Crippen molar-refractivity contribution in [2.24, 2.45) is 4.99 Å². The first-order valence-corrected chi connectivity index (χ1v) is 9.14. The molecule has 0 aliphatic heterocycles. The number of carbonyl (C=O) groups is 2. The maximum Gasteiger partial charge on any atom is 0.337 e. The van der Waals surface area contributed by atoms with Crippen LogP contribution >= 0.6 is 11.3 Å². The lowest BCUT2D eigenvalue weighted by molar-refractivity contribution is 0.0601. The van der Waals surface area contributed by atoms with Gasteiger partial charge >= 0.3 is 5.97 Å². The molecule has 1 heterocycles. The number of thiazole rings is 1. The molecule has 3 rings (SSSR count). The zero-order valence-electron chi connectivity index (χ0n) is 15.2. The first-order chi connectivity index (χ1) is 12.4. The van der Waals surface area contributed by atoms with Crippen LogP contribution in [0, 0.1) is 13.8 Å². The van der Waals surface area contributed by atoms with E-state index in [4.69, 9.17) is 4.74 Å². The maximum atomic E-state index is 12.7. The third kappa shape index (κ3) is 3.32. The molecule has 1 aromatic heterocycles. The van der Waals surface area contributed by atoms with E-state index in [0.717, 1.165) is 21.3 Å². The number of ether oxygens (including phenoxy) is 1. The van der Waals surface area contributed by atoms with E-state index in [-0.39, 0.29) is 11.9 Å². The molecule has 0 unspecified atom stereocenters. The summed E-state index contributed by atoms with van der Waals surface area (Å²) < 4.78 is 7.64. The number of hydrogen-bond donors (Lipinski definition) is 0. The highest BCUT2D eigenvalue weighted by atomic mass is 32.1. The van der Waals surface area contributed by atoms with Gasteiger partial charge in [0.2, 0.25) is 0 Å². The van der Waals surface area contributed by atoms with Crippen LogP contribution in [-0.2, 0) is 11.3 Å². The summed E-state index contributed by atoms with van der Waals surface area (Å²) in [5.74, 6) is -0.641. The number of methoxy groups -OCH3 is 1. The van der Waals surface area contributed by atoms with E-state index in [0.29, 0.717) is 22.5 Å². The number of rotatable bonds is 3. The second-order valence-electron chi connectivity index (χ2n) is 6.04. The molecule has 5 nitrogen and oxygen atoms in total. The van der Waals surface area contributed by atoms with Gasteiger partial charge in [-0.15, -0.1) is 0 Å². The lowest BCUT2D eigenvalue weighted by Crippen LogP contribution is -2.16. The third-order valence-electron chi connectivity index (χ3n) is 4.23. The van der Waals surface area contributed by atoms with E-state index in [1.807, 2.05) is 49.6 Å². The number of nitrogens with zero attached hydrogens (tertiary/aromatic N) is 2. The number of aromatic nitrogens is 1. The molecule has 0 spiro atoms. The molecule has 3 aromatic rings. The van der Waals surface area contributed by atoms with Crippen LogP contribution in [0.3, 0.4) is 0 Å². The molecule has 2 aromatic carbocycles. The van der Waals surface area contributed by atoms with Crippen LogP contribution in [0.2, 0.25) is 0 Å². The Bertz CT molecular complexity index is 1080. The van der Waals surface area contributed by atoms with Crippen molar-refractivity contribution in [3.05, 3.63) is 63.5 Å². The summed E-state index contributed by atoms with van der Waals surface area (Å²) in [5, 5.41) is 0. The summed E-state index contributed by atoms with van der Waals surface area (Å²) in [6.07, 6.45) is 0. The van der Waals surface area contributed by atoms with Crippen molar-refractivity contribution < 1.29 is 14.3 Å². The van der Waals surface area contributed by atoms with Gasteiger partial charge in [-0.25, -0.2) is 4.79 Å². The SMILES string of the molecule is CCn1c(=NC(=O)c2ccc(C)cc2C)sc2cc(C(=O)OC)ccc21. The van der Waals surface area contributed by atoms with Crippen LogP contribution in [0.4, 0.5) is 0 Å². The minimum absolute atomic E-state index is 0.260. The second-order valence-corrected chi connectivity index (χ2v) is 7.05. The molecule has 0 aliphatic carbocycles. The molecule has 0 atom stereocenters. The summed E-state index contributed by atoms with van der Waals surface area (Å²) in [5.41, 5.74) is 4.05. The monoisotopic (exact) mass is 368 g/mol. The number of hydrogen-bond acceptors (Lipinski definition) is 4. The average Bonchev–Trinajstić information content (AvgIpc) is 2.96. The first kappa shape index (κ1) is 18.1. The van der Waals surface area contributed by atoms with E-state index < -0.39 is 0 Å². The van der Waals surface area contributed by atoms with Gasteiger partial charge in [-0.3, -0.25) is 4.79 Å². The van der Waals surface area contributed by atoms with Crippen LogP contribution in [0.25, 0.3) is 10.2 Å². The minimum atomic E-state index is -0.381. The van der Waals surface area contributed by atoms with Gasteiger partial charge in [-0.1, -0.05) is 29.0 Å². The highest BCUT2D eigenvalue weighted by Crippen LogP contribution is 2.20. The molecular weight excluding hydrogens is 348 g/mol. The van der Waals surface area contributed by atoms with Crippen LogP contribution < -0.4 is 4.80 Å². The Kier molecular flexibility index (Phi) is 5.04. The highest BCUT2D eigenvalue weighted by Gasteiger charge is 2.13. The Morgan fingerprint density at radius 1 is 1.15 bits per heavy atom. The molecule has 0 fully saturated rings. The highest BCUT2D eigenvalue weighted by molar-refractivity contribution is 7.16. The number of carbonyl (C=O) groups excluding carboxylic acids is 2. The maximum absolute atomic E-state index is 12.7. The molecule has 0 saturated carbocycles. The Morgan fingerprint density at radius 2 is 1.92 bits per heavy atom. The van der Waals surface area contributed by atoms with E-state index in [1.54, 1.807) is 12.1 Å². The summed E-state index contributed by atoms with van der Waals surface area (Å²) in [6.45, 7) is 6.59. The Hall–Kier alpha value is -2.73. The Balaban J connectivity index is 2.12. The largest absolute Gasteiger partial charge is 0.465 e. The predicted molar refractivity (Wildman–Crippen MR) is 103 cm³/mol. The quantitative estimate of drug-likeness (QED) is 0.660. The molecular formula is C20H20N2O3S. The van der Waals surface area contributed by atoms with Crippen LogP contribution in [0.15, 0.2) is 41.4 Å². The number of benzene rings is 2. The summed E-state index contributed by atoms with van der Waals surface area (Å²) in [4.78, 5) is 29.4. The van der Waals surface area contributed by atoms with Gasteiger partial charge in [0.1, 0.15) is 0 Å². The van der Waals surface area contributed by atoms with Gasteiger partial charge in [0.15, 0.2) is 4.80 Å². The van der Waals surface area contributed by atoms with E-state index in [1.165, 1.54) is 18.4 Å². The number of fused-ring (bicyclic) bond motifs is 1. The van der Waals surface area contributed by atoms with Crippen molar-refractivity contribution in [3.8, 4) is 0 Å². The topological polar surface area (TPSA) is 60.7 Å². The first-order valence-electron chi connectivity index (χ1n) is 8.32. The van der Waals surface area contributed by atoms with Crippen LogP contribution in [0.5, 0.6) is 0 Å². The van der Waals surface area contributed by atoms with Gasteiger partial charge in [-0.2, -0.15) is 4.99 Å². The zero-order chi connectivity index (χ0) is 18.8. The van der Waals surface area contributed by atoms with Crippen molar-refractivity contribution in [1.82, 2.24) is 4.57 Å². The van der Waals surface area contributed by atoms with E-state index in [9.17, 15) is 9.59 Å². The molecule has 0 N–H and O–H groups in total. The molecule has 0 aliphatic rings. The molecule has 6 heteroatoms. The fraction of sp³-hybridized carbons (Fsp3) is 0.250. The third-order valence-corrected chi connectivity index (χ3v) is 5.27.